The third-order valence-electron chi connectivity index (χ3n) is 3.91. The fourth-order valence-electron chi connectivity index (χ4n) is 2.33. The molecule has 0 aliphatic heterocycles. The average molecular weight is 285 g/mol. The van der Waals surface area contributed by atoms with Crippen LogP contribution in [0.15, 0.2) is 28.8 Å². The summed E-state index contributed by atoms with van der Waals surface area (Å²) in [5.74, 6) is 2.88. The van der Waals surface area contributed by atoms with Crippen molar-refractivity contribution in [2.24, 2.45) is 5.92 Å². The zero-order valence-corrected chi connectivity index (χ0v) is 12.2. The summed E-state index contributed by atoms with van der Waals surface area (Å²) in [6.45, 7) is 4.61. The molecule has 2 N–H and O–H groups in total. The zero-order valence-electron chi connectivity index (χ0n) is 12.2. The van der Waals surface area contributed by atoms with Gasteiger partial charge in [0.1, 0.15) is 11.5 Å². The lowest BCUT2D eigenvalue weighted by Gasteiger charge is -2.00. The Balaban J connectivity index is 1.52. The van der Waals surface area contributed by atoms with Crippen molar-refractivity contribution in [2.75, 3.05) is 0 Å². The second-order valence-electron chi connectivity index (χ2n) is 5.63. The third kappa shape index (κ3) is 3.24. The molecular formula is C16H19N3O2. The molecule has 2 aromatic rings. The molecule has 5 nitrogen and oxygen atoms in total. The van der Waals surface area contributed by atoms with E-state index in [9.17, 15) is 4.79 Å². The quantitative estimate of drug-likeness (QED) is 0.830. The van der Waals surface area contributed by atoms with Crippen LogP contribution in [0.2, 0.25) is 0 Å². The largest absolute Gasteiger partial charge is 0.461 e. The molecule has 0 saturated heterocycles. The third-order valence-corrected chi connectivity index (χ3v) is 3.91. The Morgan fingerprint density at radius 3 is 3.05 bits per heavy atom. The average Bonchev–Trinajstić information content (AvgIpc) is 2.89. The Morgan fingerprint density at radius 1 is 1.57 bits per heavy atom. The predicted octanol–water partition coefficient (Wildman–Crippen LogP) is 2.76. The lowest BCUT2D eigenvalue weighted by atomic mass is 10.2. The first-order valence-corrected chi connectivity index (χ1v) is 7.18. The van der Waals surface area contributed by atoms with Gasteiger partial charge in [0.05, 0.1) is 6.20 Å². The van der Waals surface area contributed by atoms with Crippen LogP contribution < -0.4 is 5.32 Å². The standard InChI is InChI=1S/C16H19N3O2/c1-10-7-14(10)15-5-3-13(21-15)4-6-16(20)17-8-12-9-18-19-11(12)2/h3-6,9-10,14H,7-8H2,1-2H3,(H,17,20)(H,18,19)/b6-4+. The van der Waals surface area contributed by atoms with E-state index in [1.807, 2.05) is 19.1 Å². The van der Waals surface area contributed by atoms with Gasteiger partial charge in [-0.25, -0.2) is 0 Å². The molecule has 0 aromatic carbocycles. The Kier molecular flexibility index (Phi) is 3.64. The number of aromatic amines is 1. The fraction of sp³-hybridized carbons (Fsp3) is 0.375. The summed E-state index contributed by atoms with van der Waals surface area (Å²) in [5, 5.41) is 9.57. The molecule has 21 heavy (non-hydrogen) atoms. The minimum atomic E-state index is -0.145. The van der Waals surface area contributed by atoms with Gasteiger partial charge in [-0.05, 0) is 37.5 Å². The van der Waals surface area contributed by atoms with Gasteiger partial charge in [-0.2, -0.15) is 5.10 Å². The van der Waals surface area contributed by atoms with E-state index in [1.165, 1.54) is 12.5 Å². The van der Waals surface area contributed by atoms with Crippen molar-refractivity contribution >= 4 is 12.0 Å². The fourth-order valence-corrected chi connectivity index (χ4v) is 2.33. The first-order chi connectivity index (χ1) is 10.1. The van der Waals surface area contributed by atoms with Gasteiger partial charge in [0.25, 0.3) is 0 Å². The summed E-state index contributed by atoms with van der Waals surface area (Å²) in [6, 6.07) is 3.91. The molecule has 1 aliphatic rings. The number of H-pyrrole nitrogens is 1. The van der Waals surface area contributed by atoms with Crippen molar-refractivity contribution in [1.29, 1.82) is 0 Å². The van der Waals surface area contributed by atoms with Crippen LogP contribution >= 0.6 is 0 Å². The number of hydrogen-bond donors (Lipinski definition) is 2. The molecule has 1 saturated carbocycles. The van der Waals surface area contributed by atoms with Crippen molar-refractivity contribution < 1.29 is 9.21 Å². The molecule has 110 valence electrons. The van der Waals surface area contributed by atoms with Gasteiger partial charge in [-0.1, -0.05) is 6.92 Å². The number of nitrogens with one attached hydrogen (secondary N) is 2. The molecule has 2 atom stereocenters. The number of rotatable bonds is 5. The highest BCUT2D eigenvalue weighted by atomic mass is 16.3. The molecule has 0 radical (unpaired) electrons. The molecule has 2 heterocycles. The molecule has 1 amide bonds. The van der Waals surface area contributed by atoms with Crippen LogP contribution in [0.4, 0.5) is 0 Å². The maximum Gasteiger partial charge on any atom is 0.244 e. The second-order valence-corrected chi connectivity index (χ2v) is 5.63. The first-order valence-electron chi connectivity index (χ1n) is 7.18. The Hall–Kier alpha value is -2.30. The Bertz CT molecular complexity index is 669. The van der Waals surface area contributed by atoms with Crippen LogP contribution in [0.1, 0.15) is 42.0 Å². The number of aryl methyl sites for hydroxylation is 1. The van der Waals surface area contributed by atoms with Crippen molar-refractivity contribution in [2.45, 2.75) is 32.7 Å². The van der Waals surface area contributed by atoms with Gasteiger partial charge in [0.15, 0.2) is 0 Å². The van der Waals surface area contributed by atoms with E-state index in [4.69, 9.17) is 4.42 Å². The highest BCUT2D eigenvalue weighted by Gasteiger charge is 2.36. The minimum absolute atomic E-state index is 0.145. The molecule has 0 bridgehead atoms. The molecule has 1 aliphatic carbocycles. The summed E-state index contributed by atoms with van der Waals surface area (Å²) >= 11 is 0. The van der Waals surface area contributed by atoms with Crippen LogP contribution in [0.5, 0.6) is 0 Å². The minimum Gasteiger partial charge on any atom is -0.461 e. The summed E-state index contributed by atoms with van der Waals surface area (Å²) < 4.78 is 5.72. The lowest BCUT2D eigenvalue weighted by molar-refractivity contribution is -0.116. The zero-order chi connectivity index (χ0) is 14.8. The number of nitrogens with zero attached hydrogens (tertiary/aromatic N) is 1. The van der Waals surface area contributed by atoms with E-state index in [0.717, 1.165) is 28.7 Å². The van der Waals surface area contributed by atoms with E-state index in [0.29, 0.717) is 12.5 Å². The normalized spacial score (nSPS) is 20.9. The van der Waals surface area contributed by atoms with Gasteiger partial charge in [-0.3, -0.25) is 9.89 Å². The van der Waals surface area contributed by atoms with Gasteiger partial charge >= 0.3 is 0 Å². The number of hydrogen-bond acceptors (Lipinski definition) is 3. The Labute approximate surface area is 123 Å². The maximum absolute atomic E-state index is 11.8. The molecule has 1 fully saturated rings. The van der Waals surface area contributed by atoms with Gasteiger partial charge in [0, 0.05) is 29.8 Å². The lowest BCUT2D eigenvalue weighted by Crippen LogP contribution is -2.20. The maximum atomic E-state index is 11.8. The van der Waals surface area contributed by atoms with Crippen LogP contribution in [0, 0.1) is 12.8 Å². The molecule has 2 aromatic heterocycles. The SMILES string of the molecule is Cc1[nH]ncc1CNC(=O)/C=C/c1ccc(C2CC2C)o1. The molecule has 0 spiro atoms. The number of furan rings is 1. The van der Waals surface area contributed by atoms with Crippen LogP contribution in [-0.2, 0) is 11.3 Å². The smallest absolute Gasteiger partial charge is 0.244 e. The van der Waals surface area contributed by atoms with Gasteiger partial charge < -0.3 is 9.73 Å². The molecule has 2 unspecified atom stereocenters. The van der Waals surface area contributed by atoms with E-state index in [2.05, 4.69) is 22.4 Å². The molecule has 5 heteroatoms. The summed E-state index contributed by atoms with van der Waals surface area (Å²) in [5.41, 5.74) is 1.95. The summed E-state index contributed by atoms with van der Waals surface area (Å²) in [6.07, 6.45) is 6.11. The number of carbonyl (C=O) groups excluding carboxylic acids is 1. The highest BCUT2D eigenvalue weighted by Crippen LogP contribution is 2.47. The van der Waals surface area contributed by atoms with E-state index < -0.39 is 0 Å². The van der Waals surface area contributed by atoms with E-state index in [-0.39, 0.29) is 5.91 Å². The molecule has 3 rings (SSSR count). The second kappa shape index (κ2) is 5.60. The van der Waals surface area contributed by atoms with Crippen molar-refractivity contribution in [3.05, 3.63) is 47.2 Å². The van der Waals surface area contributed by atoms with Crippen molar-refractivity contribution in [1.82, 2.24) is 15.5 Å². The van der Waals surface area contributed by atoms with E-state index in [1.54, 1.807) is 12.3 Å². The van der Waals surface area contributed by atoms with Crippen LogP contribution in [0.25, 0.3) is 6.08 Å². The van der Waals surface area contributed by atoms with Crippen LogP contribution in [-0.4, -0.2) is 16.1 Å². The predicted molar refractivity (Wildman–Crippen MR) is 79.4 cm³/mol. The highest BCUT2D eigenvalue weighted by molar-refractivity contribution is 5.91. The van der Waals surface area contributed by atoms with E-state index >= 15 is 0 Å². The van der Waals surface area contributed by atoms with Crippen molar-refractivity contribution in [3.63, 3.8) is 0 Å². The van der Waals surface area contributed by atoms with Crippen LogP contribution in [0.3, 0.4) is 0 Å². The van der Waals surface area contributed by atoms with Crippen molar-refractivity contribution in [3.8, 4) is 0 Å². The first kappa shape index (κ1) is 13.7. The topological polar surface area (TPSA) is 70.9 Å². The van der Waals surface area contributed by atoms with Gasteiger partial charge in [0.2, 0.25) is 5.91 Å². The monoisotopic (exact) mass is 285 g/mol. The summed E-state index contributed by atoms with van der Waals surface area (Å²) in [7, 11) is 0. The number of amides is 1. The van der Waals surface area contributed by atoms with Gasteiger partial charge in [-0.15, -0.1) is 0 Å². The number of aromatic nitrogens is 2. The number of carbonyl (C=O) groups is 1. The Morgan fingerprint density at radius 2 is 2.38 bits per heavy atom. The molecular weight excluding hydrogens is 266 g/mol. The summed E-state index contributed by atoms with van der Waals surface area (Å²) in [4.78, 5) is 11.8.